The number of carbonyl (C=O) groups excluding carboxylic acids is 2. The van der Waals surface area contributed by atoms with Gasteiger partial charge in [-0.25, -0.2) is 0 Å². The van der Waals surface area contributed by atoms with Crippen LogP contribution in [0.25, 0.3) is 11.0 Å². The Morgan fingerprint density at radius 1 is 1.12 bits per heavy atom. The lowest BCUT2D eigenvalue weighted by molar-refractivity contribution is -0.116. The molecule has 3 aromatic rings. The van der Waals surface area contributed by atoms with Gasteiger partial charge in [-0.15, -0.1) is 0 Å². The number of carbonyl (C=O) groups is 2. The van der Waals surface area contributed by atoms with E-state index in [0.29, 0.717) is 16.4 Å². The van der Waals surface area contributed by atoms with Crippen LogP contribution >= 0.6 is 11.6 Å². The molecule has 1 heterocycles. The quantitative estimate of drug-likeness (QED) is 0.721. The van der Waals surface area contributed by atoms with Gasteiger partial charge in [0.05, 0.1) is 23.4 Å². The van der Waals surface area contributed by atoms with Crippen LogP contribution in [0.4, 0.5) is 11.4 Å². The summed E-state index contributed by atoms with van der Waals surface area (Å²) in [4.78, 5) is 23.4. The fourth-order valence-electron chi connectivity index (χ4n) is 2.59. The molecule has 0 saturated carbocycles. The van der Waals surface area contributed by atoms with Crippen molar-refractivity contribution in [3.05, 3.63) is 58.8 Å². The highest BCUT2D eigenvalue weighted by Gasteiger charge is 2.12. The Bertz CT molecular complexity index is 962. The molecule has 0 bridgehead atoms. The lowest BCUT2D eigenvalue weighted by atomic mass is 10.1. The van der Waals surface area contributed by atoms with Crippen molar-refractivity contribution in [3.63, 3.8) is 0 Å². The van der Waals surface area contributed by atoms with Gasteiger partial charge < -0.3 is 15.1 Å². The van der Waals surface area contributed by atoms with E-state index in [2.05, 4.69) is 10.6 Å². The van der Waals surface area contributed by atoms with Crippen LogP contribution < -0.4 is 10.6 Å². The van der Waals surface area contributed by atoms with Crippen LogP contribution in [0.15, 0.2) is 47.1 Å². The smallest absolute Gasteiger partial charge is 0.228 e. The lowest BCUT2D eigenvalue weighted by Crippen LogP contribution is -2.14. The van der Waals surface area contributed by atoms with E-state index in [1.165, 1.54) is 6.92 Å². The molecule has 2 amide bonds. The van der Waals surface area contributed by atoms with Crippen molar-refractivity contribution in [1.29, 1.82) is 0 Å². The minimum atomic E-state index is -0.208. The van der Waals surface area contributed by atoms with Gasteiger partial charge in [0.25, 0.3) is 0 Å². The van der Waals surface area contributed by atoms with E-state index in [-0.39, 0.29) is 18.2 Å². The fourth-order valence-corrected chi connectivity index (χ4v) is 2.82. The first-order valence-electron chi connectivity index (χ1n) is 7.76. The number of amides is 2. The second-order valence-electron chi connectivity index (χ2n) is 5.86. The van der Waals surface area contributed by atoms with E-state index >= 15 is 0 Å². The van der Waals surface area contributed by atoms with Crippen molar-refractivity contribution < 1.29 is 14.0 Å². The Morgan fingerprint density at radius 2 is 1.92 bits per heavy atom. The Morgan fingerprint density at radius 3 is 2.64 bits per heavy atom. The summed E-state index contributed by atoms with van der Waals surface area (Å²) >= 11 is 6.11. The van der Waals surface area contributed by atoms with Gasteiger partial charge in [0, 0.05) is 23.6 Å². The molecule has 0 spiro atoms. The summed E-state index contributed by atoms with van der Waals surface area (Å²) in [5, 5.41) is 6.71. The van der Waals surface area contributed by atoms with E-state index in [0.717, 1.165) is 22.1 Å². The molecule has 3 rings (SSSR count). The largest absolute Gasteiger partial charge is 0.464 e. The molecular formula is C19H17ClN2O3. The first-order chi connectivity index (χ1) is 11.9. The zero-order valence-electron chi connectivity index (χ0n) is 13.9. The van der Waals surface area contributed by atoms with Gasteiger partial charge in [-0.1, -0.05) is 23.7 Å². The SMILES string of the molecule is CC(=O)Nc1ccc(NC(=O)Cc2coc3cc(C)ccc23)cc1Cl. The molecule has 2 aromatic carbocycles. The van der Waals surface area contributed by atoms with Crippen LogP contribution in [-0.4, -0.2) is 11.8 Å². The number of hydrogen-bond acceptors (Lipinski definition) is 3. The summed E-state index contributed by atoms with van der Waals surface area (Å²) in [6.45, 7) is 3.39. The summed E-state index contributed by atoms with van der Waals surface area (Å²) < 4.78 is 5.51. The number of fused-ring (bicyclic) bond motifs is 1. The molecule has 1 aromatic heterocycles. The molecule has 6 heteroatoms. The average molecular weight is 357 g/mol. The molecule has 0 aliphatic heterocycles. The summed E-state index contributed by atoms with van der Waals surface area (Å²) in [5.41, 5.74) is 3.77. The molecule has 0 aliphatic carbocycles. The van der Waals surface area contributed by atoms with Gasteiger partial charge in [-0.05, 0) is 36.8 Å². The first kappa shape index (κ1) is 17.0. The van der Waals surface area contributed by atoms with Crippen molar-refractivity contribution in [2.24, 2.45) is 0 Å². The summed E-state index contributed by atoms with van der Waals surface area (Å²) in [7, 11) is 0. The van der Waals surface area contributed by atoms with Crippen LogP contribution in [0.2, 0.25) is 5.02 Å². The van der Waals surface area contributed by atoms with Crippen LogP contribution in [-0.2, 0) is 16.0 Å². The molecule has 0 fully saturated rings. The maximum atomic E-state index is 12.3. The number of halogens is 1. The van der Waals surface area contributed by atoms with Gasteiger partial charge in [-0.3, -0.25) is 9.59 Å². The third kappa shape index (κ3) is 4.00. The Kier molecular flexibility index (Phi) is 4.76. The lowest BCUT2D eigenvalue weighted by Gasteiger charge is -2.09. The van der Waals surface area contributed by atoms with Crippen LogP contribution in [0, 0.1) is 6.92 Å². The van der Waals surface area contributed by atoms with E-state index in [1.54, 1.807) is 24.5 Å². The normalized spacial score (nSPS) is 10.7. The third-order valence-corrected chi connectivity index (χ3v) is 4.04. The van der Waals surface area contributed by atoms with Gasteiger partial charge in [0.15, 0.2) is 0 Å². The first-order valence-corrected chi connectivity index (χ1v) is 8.14. The molecule has 0 radical (unpaired) electrons. The van der Waals surface area contributed by atoms with Crippen molar-refractivity contribution in [3.8, 4) is 0 Å². The monoisotopic (exact) mass is 356 g/mol. The Labute approximate surface area is 150 Å². The van der Waals surface area contributed by atoms with Crippen LogP contribution in [0.3, 0.4) is 0 Å². The second kappa shape index (κ2) is 6.99. The number of rotatable bonds is 4. The number of hydrogen-bond donors (Lipinski definition) is 2. The van der Waals surface area contributed by atoms with Gasteiger partial charge >= 0.3 is 0 Å². The fraction of sp³-hybridized carbons (Fsp3) is 0.158. The van der Waals surface area contributed by atoms with Gasteiger partial charge in [0.2, 0.25) is 11.8 Å². The number of furan rings is 1. The zero-order chi connectivity index (χ0) is 18.0. The topological polar surface area (TPSA) is 71.3 Å². The van der Waals surface area contributed by atoms with E-state index in [1.807, 2.05) is 25.1 Å². The molecule has 2 N–H and O–H groups in total. The summed E-state index contributed by atoms with van der Waals surface area (Å²) in [5.74, 6) is -0.382. The van der Waals surface area contributed by atoms with Crippen molar-refractivity contribution in [2.75, 3.05) is 10.6 Å². The van der Waals surface area contributed by atoms with Crippen molar-refractivity contribution in [2.45, 2.75) is 20.3 Å². The molecule has 0 unspecified atom stereocenters. The van der Waals surface area contributed by atoms with E-state index < -0.39 is 0 Å². The molecule has 128 valence electrons. The number of nitrogens with one attached hydrogen (secondary N) is 2. The predicted octanol–water partition coefficient (Wildman–Crippen LogP) is 4.53. The molecular weight excluding hydrogens is 340 g/mol. The van der Waals surface area contributed by atoms with Crippen LogP contribution in [0.5, 0.6) is 0 Å². The zero-order valence-corrected chi connectivity index (χ0v) is 14.6. The second-order valence-corrected chi connectivity index (χ2v) is 6.27. The molecule has 0 saturated heterocycles. The molecule has 0 aliphatic rings. The number of aryl methyl sites for hydroxylation is 1. The van der Waals surface area contributed by atoms with Crippen LogP contribution in [0.1, 0.15) is 18.1 Å². The maximum Gasteiger partial charge on any atom is 0.228 e. The molecule has 25 heavy (non-hydrogen) atoms. The highest BCUT2D eigenvalue weighted by Crippen LogP contribution is 2.26. The highest BCUT2D eigenvalue weighted by molar-refractivity contribution is 6.34. The van der Waals surface area contributed by atoms with Gasteiger partial charge in [-0.2, -0.15) is 0 Å². The highest BCUT2D eigenvalue weighted by atomic mass is 35.5. The maximum absolute atomic E-state index is 12.3. The van der Waals surface area contributed by atoms with E-state index in [4.69, 9.17) is 16.0 Å². The van der Waals surface area contributed by atoms with E-state index in [9.17, 15) is 9.59 Å². The summed E-state index contributed by atoms with van der Waals surface area (Å²) in [6, 6.07) is 10.8. The Balaban J connectivity index is 1.71. The number of anilines is 2. The average Bonchev–Trinajstić information content (AvgIpc) is 2.91. The Hall–Kier alpha value is -2.79. The molecule has 0 atom stereocenters. The standard InChI is InChI=1S/C19H17ClN2O3/c1-11-3-5-15-13(10-25-18(15)7-11)8-19(24)22-14-4-6-17(16(20)9-14)21-12(2)23/h3-7,9-10H,8H2,1-2H3,(H,21,23)(H,22,24). The van der Waals surface area contributed by atoms with Crippen molar-refractivity contribution >= 4 is 45.8 Å². The summed E-state index contributed by atoms with van der Waals surface area (Å²) in [6.07, 6.45) is 1.80. The minimum Gasteiger partial charge on any atom is -0.464 e. The van der Waals surface area contributed by atoms with Gasteiger partial charge in [0.1, 0.15) is 5.58 Å². The third-order valence-electron chi connectivity index (χ3n) is 3.73. The molecule has 5 nitrogen and oxygen atoms in total. The predicted molar refractivity (Wildman–Crippen MR) is 99.0 cm³/mol. The minimum absolute atomic E-state index is 0.174. The number of benzene rings is 2. The van der Waals surface area contributed by atoms with Crippen molar-refractivity contribution in [1.82, 2.24) is 0 Å².